The fourth-order valence-electron chi connectivity index (χ4n) is 3.28. The first kappa shape index (κ1) is 15.4. The summed E-state index contributed by atoms with van der Waals surface area (Å²) in [4.78, 5) is 23.1. The summed E-state index contributed by atoms with van der Waals surface area (Å²) in [6.45, 7) is 3.90. The maximum atomic E-state index is 13.0. The van der Waals surface area contributed by atoms with Crippen LogP contribution in [0.5, 0.6) is 0 Å². The van der Waals surface area contributed by atoms with Gasteiger partial charge in [0.05, 0.1) is 17.5 Å². The van der Waals surface area contributed by atoms with Gasteiger partial charge >= 0.3 is 0 Å². The van der Waals surface area contributed by atoms with Gasteiger partial charge in [-0.25, -0.2) is 0 Å². The van der Waals surface area contributed by atoms with Crippen molar-refractivity contribution in [2.45, 2.75) is 6.54 Å². The maximum absolute atomic E-state index is 13.0. The molecule has 0 unspecified atom stereocenters. The molecule has 1 aromatic heterocycles. The predicted octanol–water partition coefficient (Wildman–Crippen LogP) is 0.384. The first-order valence-corrected chi connectivity index (χ1v) is 9.01. The molecule has 2 aliphatic rings. The third-order valence-corrected chi connectivity index (χ3v) is 5.67. The summed E-state index contributed by atoms with van der Waals surface area (Å²) in [6, 6.07) is 7.77. The minimum absolute atomic E-state index is 0.0572. The quantitative estimate of drug-likeness (QED) is 0.817. The van der Waals surface area contributed by atoms with Crippen molar-refractivity contribution in [3.8, 4) is 0 Å². The smallest absolute Gasteiger partial charge is 0.256 e. The molecular weight excluding hydrogens is 320 g/mol. The predicted molar refractivity (Wildman–Crippen MR) is 95.3 cm³/mol. The Morgan fingerprint density at radius 1 is 1.21 bits per heavy atom. The van der Waals surface area contributed by atoms with Crippen LogP contribution in [0.3, 0.4) is 0 Å². The van der Waals surface area contributed by atoms with Crippen molar-refractivity contribution in [3.63, 3.8) is 0 Å². The lowest BCUT2D eigenvalue weighted by Gasteiger charge is -2.32. The highest BCUT2D eigenvalue weighted by Crippen LogP contribution is 2.22. The van der Waals surface area contributed by atoms with E-state index in [0.717, 1.165) is 52.9 Å². The summed E-state index contributed by atoms with van der Waals surface area (Å²) < 4.78 is 0. The van der Waals surface area contributed by atoms with Crippen LogP contribution in [0.1, 0.15) is 20.8 Å². The second-order valence-electron chi connectivity index (χ2n) is 6.28. The Bertz CT molecular complexity index is 909. The van der Waals surface area contributed by atoms with Gasteiger partial charge < -0.3 is 15.5 Å². The highest BCUT2D eigenvalue weighted by molar-refractivity contribution is 7.10. The van der Waals surface area contributed by atoms with Crippen LogP contribution in [0.15, 0.2) is 34.6 Å². The number of amides is 1. The van der Waals surface area contributed by atoms with Crippen molar-refractivity contribution in [1.82, 2.24) is 9.80 Å². The zero-order valence-electron chi connectivity index (χ0n) is 13.7. The Labute approximate surface area is 144 Å². The molecule has 24 heavy (non-hydrogen) atoms. The van der Waals surface area contributed by atoms with Crippen molar-refractivity contribution in [2.75, 3.05) is 33.2 Å². The standard InChI is InChI=1S/C18H20N4OS/c1-21-6-8-22(9-7-21)18(23)14-4-2-3-13-16(19)12-5-10-24-15(12)11-20-17(13)14/h2-5,10H,6-9,11,19H2,1H3. The molecule has 0 aliphatic carbocycles. The lowest BCUT2D eigenvalue weighted by Crippen LogP contribution is -2.49. The Hall–Kier alpha value is -2.18. The first-order valence-electron chi connectivity index (χ1n) is 8.13. The van der Waals surface area contributed by atoms with E-state index in [4.69, 9.17) is 10.7 Å². The molecule has 0 saturated carbocycles. The molecule has 1 saturated heterocycles. The molecule has 0 radical (unpaired) electrons. The summed E-state index contributed by atoms with van der Waals surface area (Å²) >= 11 is 1.66. The molecule has 1 amide bonds. The molecule has 1 fully saturated rings. The van der Waals surface area contributed by atoms with E-state index < -0.39 is 0 Å². The van der Waals surface area contributed by atoms with E-state index in [2.05, 4.69) is 11.9 Å². The molecule has 0 bridgehead atoms. The average Bonchev–Trinajstić information content (AvgIpc) is 3.03. The zero-order chi connectivity index (χ0) is 16.7. The van der Waals surface area contributed by atoms with Crippen molar-refractivity contribution < 1.29 is 4.79 Å². The van der Waals surface area contributed by atoms with Crippen LogP contribution in [0.25, 0.3) is 5.70 Å². The van der Waals surface area contributed by atoms with Crippen molar-refractivity contribution in [2.24, 2.45) is 10.7 Å². The van der Waals surface area contributed by atoms with Crippen molar-refractivity contribution >= 4 is 22.9 Å². The zero-order valence-corrected chi connectivity index (χ0v) is 14.5. The highest BCUT2D eigenvalue weighted by Gasteiger charge is 2.22. The second-order valence-corrected chi connectivity index (χ2v) is 7.29. The van der Waals surface area contributed by atoms with Gasteiger partial charge in [0, 0.05) is 47.5 Å². The van der Waals surface area contributed by atoms with E-state index in [1.54, 1.807) is 11.3 Å². The van der Waals surface area contributed by atoms with Crippen LogP contribution < -0.4 is 16.3 Å². The number of para-hydroxylation sites is 1. The minimum atomic E-state index is 0.0572. The Morgan fingerprint density at radius 3 is 2.79 bits per heavy atom. The summed E-state index contributed by atoms with van der Waals surface area (Å²) in [5.41, 5.74) is 8.83. The molecule has 2 aliphatic heterocycles. The highest BCUT2D eigenvalue weighted by atomic mass is 32.1. The van der Waals surface area contributed by atoms with Gasteiger partial charge in [0.1, 0.15) is 0 Å². The van der Waals surface area contributed by atoms with Gasteiger partial charge in [0.2, 0.25) is 0 Å². The molecule has 2 N–H and O–H groups in total. The number of thiophene rings is 1. The number of benzene rings is 1. The molecule has 0 atom stereocenters. The maximum Gasteiger partial charge on any atom is 0.256 e. The number of carbonyl (C=O) groups is 1. The number of nitrogens with zero attached hydrogens (tertiary/aromatic N) is 3. The number of rotatable bonds is 1. The number of piperazine rings is 1. The van der Waals surface area contributed by atoms with Gasteiger partial charge in [0.15, 0.2) is 0 Å². The van der Waals surface area contributed by atoms with E-state index in [0.29, 0.717) is 12.1 Å². The monoisotopic (exact) mass is 340 g/mol. The van der Waals surface area contributed by atoms with Gasteiger partial charge in [0.25, 0.3) is 5.91 Å². The topological polar surface area (TPSA) is 61.9 Å². The number of likely N-dealkylation sites (N-methyl/N-ethyl adjacent to an activating group) is 1. The molecule has 0 spiro atoms. The molecule has 124 valence electrons. The van der Waals surface area contributed by atoms with Gasteiger partial charge in [-0.3, -0.25) is 9.79 Å². The van der Waals surface area contributed by atoms with E-state index in [1.807, 2.05) is 34.5 Å². The molecule has 6 heteroatoms. The summed E-state index contributed by atoms with van der Waals surface area (Å²) in [5, 5.41) is 3.64. The van der Waals surface area contributed by atoms with E-state index in [1.165, 1.54) is 0 Å². The summed E-state index contributed by atoms with van der Waals surface area (Å²) in [7, 11) is 2.08. The summed E-state index contributed by atoms with van der Waals surface area (Å²) in [5.74, 6) is 0.0572. The Morgan fingerprint density at radius 2 is 2.00 bits per heavy atom. The lowest BCUT2D eigenvalue weighted by molar-refractivity contribution is 0.0662. The van der Waals surface area contributed by atoms with Crippen LogP contribution >= 0.6 is 11.3 Å². The molecule has 5 nitrogen and oxygen atoms in total. The molecule has 3 heterocycles. The van der Waals surface area contributed by atoms with Crippen LogP contribution in [-0.4, -0.2) is 48.9 Å². The molecule has 4 rings (SSSR count). The third-order valence-electron chi connectivity index (χ3n) is 4.76. The van der Waals surface area contributed by atoms with Crippen LogP contribution in [0.2, 0.25) is 0 Å². The van der Waals surface area contributed by atoms with Crippen LogP contribution in [0.4, 0.5) is 0 Å². The Balaban J connectivity index is 1.81. The number of fused-ring (bicyclic) bond motifs is 2. The second kappa shape index (κ2) is 6.03. The third kappa shape index (κ3) is 2.52. The number of carbonyl (C=O) groups excluding carboxylic acids is 1. The van der Waals surface area contributed by atoms with Gasteiger partial charge in [-0.1, -0.05) is 12.1 Å². The lowest BCUT2D eigenvalue weighted by atomic mass is 10.1. The van der Waals surface area contributed by atoms with E-state index in [-0.39, 0.29) is 5.91 Å². The van der Waals surface area contributed by atoms with Crippen LogP contribution in [-0.2, 0) is 6.54 Å². The average molecular weight is 340 g/mol. The van der Waals surface area contributed by atoms with Gasteiger partial charge in [-0.2, -0.15) is 0 Å². The number of nitrogens with two attached hydrogens (primary N) is 1. The van der Waals surface area contributed by atoms with Gasteiger partial charge in [-0.15, -0.1) is 11.3 Å². The van der Waals surface area contributed by atoms with E-state index >= 15 is 0 Å². The fourth-order valence-corrected chi connectivity index (χ4v) is 4.10. The molecular formula is C18H20N4OS. The van der Waals surface area contributed by atoms with Crippen LogP contribution in [0, 0.1) is 0 Å². The SMILES string of the molecule is CN1CCN(C(=O)c2cccc3c2=NCc2sccc2C=3N)CC1. The summed E-state index contributed by atoms with van der Waals surface area (Å²) in [6.07, 6.45) is 0. The van der Waals surface area contributed by atoms with Crippen molar-refractivity contribution in [3.05, 3.63) is 56.2 Å². The first-order chi connectivity index (χ1) is 11.6. The number of hydrogen-bond donors (Lipinski definition) is 1. The van der Waals surface area contributed by atoms with Gasteiger partial charge in [-0.05, 0) is 24.6 Å². The molecule has 2 aromatic rings. The molecule has 1 aromatic carbocycles. The Kier molecular flexibility index (Phi) is 3.86. The normalized spacial score (nSPS) is 17.7. The van der Waals surface area contributed by atoms with E-state index in [9.17, 15) is 4.79 Å². The van der Waals surface area contributed by atoms with Crippen molar-refractivity contribution in [1.29, 1.82) is 0 Å². The number of hydrogen-bond acceptors (Lipinski definition) is 5. The fraction of sp³-hybridized carbons (Fsp3) is 0.333. The largest absolute Gasteiger partial charge is 0.398 e. The minimum Gasteiger partial charge on any atom is -0.398 e.